The Kier molecular flexibility index (Phi) is 4.34. The van der Waals surface area contributed by atoms with Crippen molar-refractivity contribution in [1.29, 1.82) is 0 Å². The summed E-state index contributed by atoms with van der Waals surface area (Å²) in [6, 6.07) is 0. The smallest absolute Gasteiger partial charge is 0.0178 e. The van der Waals surface area contributed by atoms with E-state index in [1.807, 2.05) is 0 Å². The van der Waals surface area contributed by atoms with E-state index in [1.165, 1.54) is 38.0 Å². The minimum atomic E-state index is 0.819. The van der Waals surface area contributed by atoms with Crippen LogP contribution in [-0.2, 0) is 0 Å². The fourth-order valence-electron chi connectivity index (χ4n) is 1.76. The first-order valence-corrected chi connectivity index (χ1v) is 5.58. The molecule has 1 heterocycles. The molecule has 1 radical (unpaired) electrons. The second kappa shape index (κ2) is 5.31. The summed E-state index contributed by atoms with van der Waals surface area (Å²) < 4.78 is 0. The Labute approximate surface area is 82.8 Å². The number of nitrogens with zero attached hydrogens (tertiary/aromatic N) is 1. The third-order valence-corrected chi connectivity index (χ3v) is 2.63. The summed E-state index contributed by atoms with van der Waals surface area (Å²) in [7, 11) is 0. The molecule has 0 bridgehead atoms. The van der Waals surface area contributed by atoms with Crippen LogP contribution in [0.15, 0.2) is 5.70 Å². The van der Waals surface area contributed by atoms with Crippen LogP contribution in [-0.4, -0.2) is 18.0 Å². The van der Waals surface area contributed by atoms with Crippen molar-refractivity contribution in [3.63, 3.8) is 0 Å². The van der Waals surface area contributed by atoms with Gasteiger partial charge in [0, 0.05) is 18.8 Å². The van der Waals surface area contributed by atoms with Crippen molar-refractivity contribution in [1.82, 2.24) is 4.90 Å². The van der Waals surface area contributed by atoms with Gasteiger partial charge in [-0.3, -0.25) is 0 Å². The minimum absolute atomic E-state index is 0.819. The van der Waals surface area contributed by atoms with E-state index in [2.05, 4.69) is 31.7 Å². The van der Waals surface area contributed by atoms with Crippen LogP contribution >= 0.6 is 0 Å². The highest BCUT2D eigenvalue weighted by molar-refractivity contribution is 4.98. The Balaban J connectivity index is 2.38. The highest BCUT2D eigenvalue weighted by atomic mass is 15.1. The summed E-state index contributed by atoms with van der Waals surface area (Å²) in [5, 5.41) is 0. The molecule has 0 saturated carbocycles. The van der Waals surface area contributed by atoms with Gasteiger partial charge in [0.15, 0.2) is 0 Å². The number of allylic oxidation sites excluding steroid dienone is 2. The van der Waals surface area contributed by atoms with E-state index in [1.54, 1.807) is 0 Å². The van der Waals surface area contributed by atoms with E-state index in [0.717, 1.165) is 12.3 Å². The summed E-state index contributed by atoms with van der Waals surface area (Å²) in [6.07, 6.45) is 8.41. The monoisotopic (exact) mass is 180 g/mol. The van der Waals surface area contributed by atoms with Crippen molar-refractivity contribution in [3.8, 4) is 0 Å². The average Bonchev–Trinajstić information content (AvgIpc) is 2.15. The van der Waals surface area contributed by atoms with Gasteiger partial charge in [0.05, 0.1) is 0 Å². The van der Waals surface area contributed by atoms with Gasteiger partial charge >= 0.3 is 0 Å². The van der Waals surface area contributed by atoms with Gasteiger partial charge in [-0.25, -0.2) is 0 Å². The lowest BCUT2D eigenvalue weighted by atomic mass is 10.1. The van der Waals surface area contributed by atoms with Gasteiger partial charge in [0.2, 0.25) is 0 Å². The van der Waals surface area contributed by atoms with Crippen LogP contribution in [0.2, 0.25) is 0 Å². The lowest BCUT2D eigenvalue weighted by Gasteiger charge is -2.30. The second-order valence-corrected chi connectivity index (χ2v) is 4.25. The van der Waals surface area contributed by atoms with Gasteiger partial charge in [-0.05, 0) is 37.7 Å². The molecule has 1 aliphatic rings. The molecule has 0 amide bonds. The molecule has 0 aromatic heterocycles. The molecule has 0 N–H and O–H groups in total. The van der Waals surface area contributed by atoms with Crippen LogP contribution < -0.4 is 0 Å². The van der Waals surface area contributed by atoms with Gasteiger partial charge in [-0.2, -0.15) is 0 Å². The molecule has 0 aromatic rings. The molecule has 0 fully saturated rings. The summed E-state index contributed by atoms with van der Waals surface area (Å²) in [5.74, 6) is 0.819. The summed E-state index contributed by atoms with van der Waals surface area (Å²) in [5.41, 5.74) is 1.45. The quantitative estimate of drug-likeness (QED) is 0.642. The van der Waals surface area contributed by atoms with Crippen molar-refractivity contribution in [2.75, 3.05) is 13.1 Å². The van der Waals surface area contributed by atoms with Crippen LogP contribution in [0.5, 0.6) is 0 Å². The predicted octanol–water partition coefficient (Wildman–Crippen LogP) is 3.23. The molecular formula is C12H22N. The molecule has 0 spiro atoms. The summed E-state index contributed by atoms with van der Waals surface area (Å²) in [6.45, 7) is 9.30. The molecule has 0 unspecified atom stereocenters. The molecule has 1 heteroatoms. The van der Waals surface area contributed by atoms with Gasteiger partial charge in [0.25, 0.3) is 0 Å². The normalized spacial score (nSPS) is 17.8. The molecule has 0 aromatic carbocycles. The number of hydrogen-bond acceptors (Lipinski definition) is 1. The third-order valence-electron chi connectivity index (χ3n) is 2.63. The van der Waals surface area contributed by atoms with Crippen LogP contribution in [0.3, 0.4) is 0 Å². The molecule has 1 aliphatic heterocycles. The van der Waals surface area contributed by atoms with E-state index in [4.69, 9.17) is 0 Å². The van der Waals surface area contributed by atoms with Gasteiger partial charge in [-0.1, -0.05) is 20.8 Å². The van der Waals surface area contributed by atoms with Gasteiger partial charge in [0.1, 0.15) is 0 Å². The Bertz CT molecular complexity index is 170. The van der Waals surface area contributed by atoms with Gasteiger partial charge < -0.3 is 4.90 Å². The fourth-order valence-corrected chi connectivity index (χ4v) is 1.76. The molecule has 1 nitrogen and oxygen atoms in total. The van der Waals surface area contributed by atoms with E-state index in [9.17, 15) is 0 Å². The molecule has 75 valence electrons. The maximum Gasteiger partial charge on any atom is 0.0178 e. The largest absolute Gasteiger partial charge is 0.375 e. The molecule has 0 saturated heterocycles. The second-order valence-electron chi connectivity index (χ2n) is 4.25. The van der Waals surface area contributed by atoms with Crippen LogP contribution in [0, 0.1) is 12.0 Å². The lowest BCUT2D eigenvalue weighted by Crippen LogP contribution is -2.28. The topological polar surface area (TPSA) is 3.24 Å². The maximum absolute atomic E-state index is 3.49. The lowest BCUT2D eigenvalue weighted by molar-refractivity contribution is 0.291. The highest BCUT2D eigenvalue weighted by Crippen LogP contribution is 2.17. The first-order chi connectivity index (χ1) is 6.24. The average molecular weight is 180 g/mol. The first kappa shape index (κ1) is 10.6. The Morgan fingerprint density at radius 2 is 2.23 bits per heavy atom. The van der Waals surface area contributed by atoms with Crippen LogP contribution in [0.4, 0.5) is 0 Å². The zero-order valence-electron chi connectivity index (χ0n) is 9.27. The van der Waals surface area contributed by atoms with Crippen LogP contribution in [0.1, 0.15) is 46.5 Å². The molecule has 13 heavy (non-hydrogen) atoms. The molecule has 0 aliphatic carbocycles. The zero-order chi connectivity index (χ0) is 9.68. The Morgan fingerprint density at radius 1 is 1.46 bits per heavy atom. The number of hydrogen-bond donors (Lipinski definition) is 0. The van der Waals surface area contributed by atoms with E-state index in [0.29, 0.717) is 0 Å². The fraction of sp³-hybridized carbons (Fsp3) is 0.833. The first-order valence-electron chi connectivity index (χ1n) is 5.58. The molecule has 0 atom stereocenters. The molecule has 1 rings (SSSR count). The predicted molar refractivity (Wildman–Crippen MR) is 57.3 cm³/mol. The van der Waals surface area contributed by atoms with E-state index >= 15 is 0 Å². The van der Waals surface area contributed by atoms with E-state index < -0.39 is 0 Å². The van der Waals surface area contributed by atoms with Crippen LogP contribution in [0.25, 0.3) is 0 Å². The molecular weight excluding hydrogens is 158 g/mol. The standard InChI is InChI=1S/C12H22N/c1-4-12-7-5-6-9-13(12)10-8-11(2)3/h11H,4-6,8-10H2,1-3H3. The van der Waals surface area contributed by atoms with E-state index in [-0.39, 0.29) is 0 Å². The zero-order valence-corrected chi connectivity index (χ0v) is 9.27. The minimum Gasteiger partial charge on any atom is -0.375 e. The Morgan fingerprint density at radius 3 is 2.85 bits per heavy atom. The summed E-state index contributed by atoms with van der Waals surface area (Å²) >= 11 is 0. The van der Waals surface area contributed by atoms with Crippen molar-refractivity contribution in [2.45, 2.75) is 46.5 Å². The number of rotatable bonds is 4. The van der Waals surface area contributed by atoms with Crippen molar-refractivity contribution < 1.29 is 0 Å². The van der Waals surface area contributed by atoms with Crippen molar-refractivity contribution in [2.24, 2.45) is 5.92 Å². The third kappa shape index (κ3) is 3.41. The van der Waals surface area contributed by atoms with Gasteiger partial charge in [-0.15, -0.1) is 0 Å². The van der Waals surface area contributed by atoms with Crippen molar-refractivity contribution >= 4 is 0 Å². The highest BCUT2D eigenvalue weighted by Gasteiger charge is 2.11. The Hall–Kier alpha value is -0.460. The SMILES string of the molecule is CCC1=[C]CCCN1CCC(C)C. The summed E-state index contributed by atoms with van der Waals surface area (Å²) in [4.78, 5) is 2.52. The van der Waals surface area contributed by atoms with Crippen molar-refractivity contribution in [3.05, 3.63) is 11.8 Å². The maximum atomic E-state index is 3.49.